The lowest BCUT2D eigenvalue weighted by Gasteiger charge is -2.25. The highest BCUT2D eigenvalue weighted by Crippen LogP contribution is 2.43. The number of nitrogens with one attached hydrogen (secondary N) is 1. The largest absolute Gasteiger partial charge is 0.472 e. The molecule has 0 heterocycles. The molecule has 0 fully saturated rings. The zero-order chi connectivity index (χ0) is 50.6. The van der Waals surface area contributed by atoms with E-state index in [9.17, 15) is 19.4 Å². The van der Waals surface area contributed by atoms with Crippen LogP contribution in [0.4, 0.5) is 0 Å². The summed E-state index contributed by atoms with van der Waals surface area (Å²) in [4.78, 5) is 23.3. The molecule has 0 radical (unpaired) electrons. The van der Waals surface area contributed by atoms with Gasteiger partial charge in [-0.25, -0.2) is 4.57 Å². The summed E-state index contributed by atoms with van der Waals surface area (Å²) in [6.45, 7) is 4.81. The Kier molecular flexibility index (Phi) is 50.2. The molecule has 0 bridgehead atoms. The molecule has 0 spiro atoms. The van der Waals surface area contributed by atoms with Gasteiger partial charge in [0.2, 0.25) is 5.91 Å². The van der Waals surface area contributed by atoms with Crippen molar-refractivity contribution in [3.05, 3.63) is 48.6 Å². The Balaban J connectivity index is 4.25. The maximum absolute atomic E-state index is 13.0. The first-order chi connectivity index (χ1) is 33.5. The smallest absolute Gasteiger partial charge is 0.387 e. The fourth-order valence-corrected chi connectivity index (χ4v) is 9.34. The maximum Gasteiger partial charge on any atom is 0.472 e. The van der Waals surface area contributed by atoms with Crippen LogP contribution in [0, 0.1) is 0 Å². The summed E-state index contributed by atoms with van der Waals surface area (Å²) in [5.41, 5.74) is 0. The minimum atomic E-state index is -4.36. The fraction of sp³-hybridized carbons (Fsp3) is 0.850. The van der Waals surface area contributed by atoms with E-state index in [-0.39, 0.29) is 19.1 Å². The third-order valence-corrected chi connectivity index (χ3v) is 14.2. The van der Waals surface area contributed by atoms with E-state index in [0.717, 1.165) is 44.9 Å². The molecule has 0 saturated carbocycles. The summed E-state index contributed by atoms with van der Waals surface area (Å²) in [5.74, 6) is -0.191. The monoisotopic (exact) mass is 992 g/mol. The van der Waals surface area contributed by atoms with Gasteiger partial charge in [0.1, 0.15) is 13.2 Å². The highest BCUT2D eigenvalue weighted by Gasteiger charge is 2.27. The van der Waals surface area contributed by atoms with Gasteiger partial charge in [0.15, 0.2) is 0 Å². The van der Waals surface area contributed by atoms with Gasteiger partial charge in [0.25, 0.3) is 0 Å². The number of hydrogen-bond acceptors (Lipinski definition) is 5. The average Bonchev–Trinajstić information content (AvgIpc) is 3.31. The Morgan fingerprint density at radius 1 is 0.478 bits per heavy atom. The van der Waals surface area contributed by atoms with Crippen molar-refractivity contribution < 1.29 is 32.9 Å². The van der Waals surface area contributed by atoms with Gasteiger partial charge in [-0.1, -0.05) is 249 Å². The van der Waals surface area contributed by atoms with E-state index in [0.29, 0.717) is 17.4 Å². The highest BCUT2D eigenvalue weighted by atomic mass is 31.2. The van der Waals surface area contributed by atoms with E-state index < -0.39 is 20.0 Å². The van der Waals surface area contributed by atoms with E-state index in [2.05, 4.69) is 55.6 Å². The van der Waals surface area contributed by atoms with E-state index in [1.54, 1.807) is 6.08 Å². The zero-order valence-corrected chi connectivity index (χ0v) is 47.2. The van der Waals surface area contributed by atoms with Crippen LogP contribution >= 0.6 is 7.82 Å². The number of rotatable bonds is 54. The van der Waals surface area contributed by atoms with Gasteiger partial charge in [-0.15, -0.1) is 0 Å². The Morgan fingerprint density at radius 2 is 0.797 bits per heavy atom. The number of unbranched alkanes of at least 4 members (excludes halogenated alkanes) is 35. The summed E-state index contributed by atoms with van der Waals surface area (Å²) >= 11 is 0. The number of hydrogen-bond donors (Lipinski definition) is 3. The molecule has 3 unspecified atom stereocenters. The molecule has 0 aliphatic rings. The van der Waals surface area contributed by atoms with Crippen molar-refractivity contribution in [2.75, 3.05) is 40.9 Å². The van der Waals surface area contributed by atoms with Crippen molar-refractivity contribution in [3.63, 3.8) is 0 Å². The number of aliphatic hydroxyl groups excluding tert-OH is 1. The van der Waals surface area contributed by atoms with Crippen LogP contribution in [0.25, 0.3) is 0 Å². The molecule has 3 N–H and O–H groups in total. The third-order valence-electron chi connectivity index (χ3n) is 13.2. The minimum Gasteiger partial charge on any atom is -0.387 e. The Labute approximate surface area is 429 Å². The van der Waals surface area contributed by atoms with Crippen LogP contribution < -0.4 is 5.32 Å². The molecule has 9 heteroatoms. The molecule has 0 aromatic heterocycles. The van der Waals surface area contributed by atoms with Gasteiger partial charge in [0, 0.05) is 6.42 Å². The normalized spacial score (nSPS) is 14.2. The molecule has 0 aliphatic heterocycles. The minimum absolute atomic E-state index is 0.0528. The molecule has 0 saturated heterocycles. The van der Waals surface area contributed by atoms with Crippen LogP contribution in [-0.2, 0) is 18.4 Å². The predicted octanol–water partition coefficient (Wildman–Crippen LogP) is 17.9. The predicted molar refractivity (Wildman–Crippen MR) is 300 cm³/mol. The van der Waals surface area contributed by atoms with E-state index in [1.807, 2.05) is 27.2 Å². The molecule has 406 valence electrons. The Hall–Kier alpha value is -1.54. The topological polar surface area (TPSA) is 105 Å². The zero-order valence-electron chi connectivity index (χ0n) is 46.3. The molecular weight excluding hydrogens is 876 g/mol. The van der Waals surface area contributed by atoms with E-state index >= 15 is 0 Å². The second-order valence-electron chi connectivity index (χ2n) is 21.3. The van der Waals surface area contributed by atoms with Crippen LogP contribution in [-0.4, -0.2) is 73.4 Å². The number of phosphoric acid groups is 1. The first-order valence-corrected chi connectivity index (χ1v) is 31.0. The van der Waals surface area contributed by atoms with Crippen LogP contribution in [0.5, 0.6) is 0 Å². The number of aliphatic hydroxyl groups is 1. The van der Waals surface area contributed by atoms with Gasteiger partial charge in [-0.2, -0.15) is 0 Å². The number of amides is 1. The first-order valence-electron chi connectivity index (χ1n) is 29.5. The highest BCUT2D eigenvalue weighted by molar-refractivity contribution is 7.47. The Morgan fingerprint density at radius 3 is 1.16 bits per heavy atom. The third kappa shape index (κ3) is 54.1. The molecule has 0 aliphatic carbocycles. The van der Waals surface area contributed by atoms with Crippen LogP contribution in [0.2, 0.25) is 0 Å². The van der Waals surface area contributed by atoms with Crippen molar-refractivity contribution >= 4 is 13.7 Å². The van der Waals surface area contributed by atoms with Crippen molar-refractivity contribution in [2.24, 2.45) is 0 Å². The number of phosphoric ester groups is 1. The van der Waals surface area contributed by atoms with Crippen molar-refractivity contribution in [1.29, 1.82) is 0 Å². The second kappa shape index (κ2) is 51.4. The number of allylic oxidation sites excluding steroid dienone is 7. The summed E-state index contributed by atoms with van der Waals surface area (Å²) in [7, 11) is 1.55. The van der Waals surface area contributed by atoms with Gasteiger partial charge in [-0.3, -0.25) is 13.8 Å². The standard InChI is InChI=1S/C60H115N2O6P/c1-6-8-10-12-14-16-18-20-22-24-26-27-28-29-30-31-32-33-34-36-37-39-41-43-45-47-49-51-53-59(63)58(57-68-69(65,66)67-56-55-62(3,4)5)61-60(64)54-52-50-48-46-44-42-40-38-35-25-23-21-19-17-15-13-11-9-7-2/h21,23,36-37,43,45,51,53,58-59,63H,6-20,22,24-35,38-42,44,46-50,52,54-57H2,1-5H3,(H-,61,64,65,66)/p+1/b23-21-,37-36+,45-43+,53-51+. The van der Waals surface area contributed by atoms with Gasteiger partial charge < -0.3 is 19.8 Å². The lowest BCUT2D eigenvalue weighted by molar-refractivity contribution is -0.870. The number of carbonyl (C=O) groups excluding carboxylic acids is 1. The number of likely N-dealkylation sites (N-methyl/N-ethyl adjacent to an activating group) is 1. The lowest BCUT2D eigenvalue weighted by Crippen LogP contribution is -2.45. The molecule has 0 aromatic rings. The van der Waals surface area contributed by atoms with Crippen LogP contribution in [0.3, 0.4) is 0 Å². The molecule has 0 rings (SSSR count). The number of nitrogens with zero attached hydrogens (tertiary/aromatic N) is 1. The van der Waals surface area contributed by atoms with Gasteiger partial charge >= 0.3 is 7.82 Å². The summed E-state index contributed by atoms with van der Waals surface area (Å²) in [5, 5.41) is 13.9. The summed E-state index contributed by atoms with van der Waals surface area (Å²) in [6, 6.07) is -0.872. The van der Waals surface area contributed by atoms with E-state index in [4.69, 9.17) is 9.05 Å². The molecule has 8 nitrogen and oxygen atoms in total. The van der Waals surface area contributed by atoms with Crippen molar-refractivity contribution in [3.8, 4) is 0 Å². The van der Waals surface area contributed by atoms with Gasteiger partial charge in [0.05, 0.1) is 39.9 Å². The second-order valence-corrected chi connectivity index (χ2v) is 22.8. The average molecular weight is 993 g/mol. The Bertz CT molecular complexity index is 1260. The fourth-order valence-electron chi connectivity index (χ4n) is 8.60. The van der Waals surface area contributed by atoms with Gasteiger partial charge in [-0.05, 0) is 70.6 Å². The quantitative estimate of drug-likeness (QED) is 0.0243. The summed E-state index contributed by atoms with van der Waals surface area (Å²) < 4.78 is 23.7. The van der Waals surface area contributed by atoms with Crippen molar-refractivity contribution in [2.45, 2.75) is 289 Å². The van der Waals surface area contributed by atoms with Crippen molar-refractivity contribution in [1.82, 2.24) is 5.32 Å². The molecular formula is C60H116N2O6P+. The van der Waals surface area contributed by atoms with Crippen LogP contribution in [0.1, 0.15) is 277 Å². The molecule has 69 heavy (non-hydrogen) atoms. The summed E-state index contributed by atoms with van der Waals surface area (Å²) in [6.07, 6.45) is 68.0. The molecule has 0 aromatic carbocycles. The first kappa shape index (κ1) is 67.5. The SMILES string of the molecule is CCCCCCCC/C=C\CCCCCCCCCCCC(=O)NC(COP(=O)(O)OCC[N+](C)(C)C)C(O)/C=C/CC/C=C/CC/C=C/CCCCCCCCCCCCCCCCCCCC. The number of carbonyl (C=O) groups is 1. The lowest BCUT2D eigenvalue weighted by atomic mass is 10.0. The van der Waals surface area contributed by atoms with E-state index in [1.165, 1.54) is 212 Å². The molecule has 3 atom stereocenters. The maximum atomic E-state index is 13.0. The molecule has 1 amide bonds. The number of quaternary nitrogens is 1. The van der Waals surface area contributed by atoms with Crippen LogP contribution in [0.15, 0.2) is 48.6 Å².